The Morgan fingerprint density at radius 2 is 1.59 bits per heavy atom. The molecule has 0 aliphatic heterocycles. The Balaban J connectivity index is 0.00000261. The van der Waals surface area contributed by atoms with Gasteiger partial charge in [0.15, 0.2) is 0 Å². The van der Waals surface area contributed by atoms with E-state index in [1.807, 2.05) is 0 Å². The highest BCUT2D eigenvalue weighted by atomic mass is 35.5. The van der Waals surface area contributed by atoms with Gasteiger partial charge in [-0.2, -0.15) is 0 Å². The SMILES string of the molecule is Cl.NCC1(NC(=O)c2ccc(NS(=O)(=O)c3ccccc3)cc2)CCCC1. The van der Waals surface area contributed by atoms with Crippen molar-refractivity contribution in [1.82, 2.24) is 5.32 Å². The molecule has 146 valence electrons. The van der Waals surface area contributed by atoms with E-state index in [4.69, 9.17) is 5.73 Å². The van der Waals surface area contributed by atoms with Crippen LogP contribution in [0.15, 0.2) is 59.5 Å². The second kappa shape index (κ2) is 8.73. The molecule has 0 radical (unpaired) electrons. The van der Waals surface area contributed by atoms with Crippen LogP contribution in [0, 0.1) is 0 Å². The number of anilines is 1. The van der Waals surface area contributed by atoms with Gasteiger partial charge in [-0.15, -0.1) is 12.4 Å². The fourth-order valence-corrected chi connectivity index (χ4v) is 4.33. The Morgan fingerprint density at radius 3 is 2.15 bits per heavy atom. The van der Waals surface area contributed by atoms with Crippen LogP contribution >= 0.6 is 12.4 Å². The molecule has 27 heavy (non-hydrogen) atoms. The molecule has 0 aromatic heterocycles. The number of benzene rings is 2. The number of hydrogen-bond acceptors (Lipinski definition) is 4. The maximum absolute atomic E-state index is 12.5. The van der Waals surface area contributed by atoms with Crippen LogP contribution in [0.1, 0.15) is 36.0 Å². The summed E-state index contributed by atoms with van der Waals surface area (Å²) in [5, 5.41) is 3.05. The smallest absolute Gasteiger partial charge is 0.261 e. The first-order valence-corrected chi connectivity index (χ1v) is 10.1. The third-order valence-electron chi connectivity index (χ3n) is 4.78. The van der Waals surface area contributed by atoms with Crippen LogP contribution in [0.3, 0.4) is 0 Å². The third kappa shape index (κ3) is 5.00. The molecule has 3 rings (SSSR count). The Bertz CT molecular complexity index is 865. The molecule has 0 saturated heterocycles. The van der Waals surface area contributed by atoms with Crippen molar-refractivity contribution < 1.29 is 13.2 Å². The molecule has 0 unspecified atom stereocenters. The molecule has 0 atom stereocenters. The van der Waals surface area contributed by atoms with Crippen LogP contribution in [-0.2, 0) is 10.0 Å². The van der Waals surface area contributed by atoms with Crippen LogP contribution in [0.4, 0.5) is 5.69 Å². The molecule has 0 spiro atoms. The van der Waals surface area contributed by atoms with E-state index in [1.165, 1.54) is 12.1 Å². The largest absolute Gasteiger partial charge is 0.345 e. The lowest BCUT2D eigenvalue weighted by Gasteiger charge is -2.28. The van der Waals surface area contributed by atoms with E-state index in [0.717, 1.165) is 25.7 Å². The number of rotatable bonds is 6. The number of carbonyl (C=O) groups excluding carboxylic acids is 1. The highest BCUT2D eigenvalue weighted by molar-refractivity contribution is 7.92. The average Bonchev–Trinajstić information content (AvgIpc) is 3.12. The van der Waals surface area contributed by atoms with Gasteiger partial charge >= 0.3 is 0 Å². The summed E-state index contributed by atoms with van der Waals surface area (Å²) in [5.74, 6) is -0.185. The molecule has 1 aliphatic carbocycles. The van der Waals surface area contributed by atoms with Gasteiger partial charge in [0, 0.05) is 17.8 Å². The maximum atomic E-state index is 12.5. The van der Waals surface area contributed by atoms with E-state index >= 15 is 0 Å². The minimum Gasteiger partial charge on any atom is -0.345 e. The summed E-state index contributed by atoms with van der Waals surface area (Å²) < 4.78 is 27.2. The molecule has 6 nitrogen and oxygen atoms in total. The first kappa shape index (κ1) is 21.2. The quantitative estimate of drug-likeness (QED) is 0.682. The van der Waals surface area contributed by atoms with Crippen LogP contribution in [0.5, 0.6) is 0 Å². The number of nitrogens with one attached hydrogen (secondary N) is 2. The predicted octanol–water partition coefficient (Wildman–Crippen LogP) is 2.91. The molecule has 8 heteroatoms. The lowest BCUT2D eigenvalue weighted by atomic mass is 9.97. The highest BCUT2D eigenvalue weighted by Crippen LogP contribution is 2.29. The van der Waals surface area contributed by atoms with Gasteiger partial charge in [-0.05, 0) is 49.2 Å². The summed E-state index contributed by atoms with van der Waals surface area (Å²) in [4.78, 5) is 12.7. The van der Waals surface area contributed by atoms with Crippen LogP contribution in [0.25, 0.3) is 0 Å². The van der Waals surface area contributed by atoms with Gasteiger partial charge in [0.25, 0.3) is 15.9 Å². The van der Waals surface area contributed by atoms with Crippen molar-refractivity contribution in [3.8, 4) is 0 Å². The molecule has 1 amide bonds. The summed E-state index contributed by atoms with van der Waals surface area (Å²) in [6.45, 7) is 0.424. The Hall–Kier alpha value is -2.09. The van der Waals surface area contributed by atoms with Crippen molar-refractivity contribution in [2.45, 2.75) is 36.1 Å². The molecule has 1 aliphatic rings. The van der Waals surface area contributed by atoms with Gasteiger partial charge in [-0.1, -0.05) is 31.0 Å². The van der Waals surface area contributed by atoms with Crippen LogP contribution < -0.4 is 15.8 Å². The molecule has 4 N–H and O–H groups in total. The van der Waals surface area contributed by atoms with Crippen molar-refractivity contribution >= 4 is 34.0 Å². The zero-order valence-electron chi connectivity index (χ0n) is 14.9. The summed E-state index contributed by atoms with van der Waals surface area (Å²) in [7, 11) is -3.65. The number of sulfonamides is 1. The minimum atomic E-state index is -3.65. The standard InChI is InChI=1S/C19H23N3O3S.ClH/c20-14-19(12-4-5-13-19)21-18(23)15-8-10-16(11-9-15)22-26(24,25)17-6-2-1-3-7-17;/h1-3,6-11,22H,4-5,12-14,20H2,(H,21,23);1H. The topological polar surface area (TPSA) is 101 Å². The molecule has 0 heterocycles. The highest BCUT2D eigenvalue weighted by Gasteiger charge is 2.34. The van der Waals surface area contributed by atoms with Gasteiger partial charge in [-0.3, -0.25) is 9.52 Å². The van der Waals surface area contributed by atoms with Gasteiger partial charge in [-0.25, -0.2) is 8.42 Å². The Kier molecular flexibility index (Phi) is 6.86. The zero-order valence-corrected chi connectivity index (χ0v) is 16.5. The summed E-state index contributed by atoms with van der Waals surface area (Å²) in [5.41, 5.74) is 6.42. The first-order valence-electron chi connectivity index (χ1n) is 8.65. The van der Waals surface area contributed by atoms with Crippen molar-refractivity contribution in [2.75, 3.05) is 11.3 Å². The van der Waals surface area contributed by atoms with Gasteiger partial charge in [0.2, 0.25) is 0 Å². The number of halogens is 1. The van der Waals surface area contributed by atoms with Gasteiger partial charge in [0.05, 0.1) is 10.4 Å². The zero-order chi connectivity index (χ0) is 18.6. The van der Waals surface area contributed by atoms with Gasteiger partial charge in [0.1, 0.15) is 0 Å². The monoisotopic (exact) mass is 409 g/mol. The van der Waals surface area contributed by atoms with E-state index < -0.39 is 10.0 Å². The number of amides is 1. The fraction of sp³-hybridized carbons (Fsp3) is 0.316. The van der Waals surface area contributed by atoms with E-state index in [9.17, 15) is 13.2 Å². The molecule has 2 aromatic carbocycles. The molecule has 1 saturated carbocycles. The Labute approximate surface area is 166 Å². The van der Waals surface area contributed by atoms with E-state index in [-0.39, 0.29) is 28.7 Å². The molecule has 0 bridgehead atoms. The fourth-order valence-electron chi connectivity index (χ4n) is 3.25. The summed E-state index contributed by atoms with van der Waals surface area (Å²) in [6, 6.07) is 14.5. The number of hydrogen-bond donors (Lipinski definition) is 3. The maximum Gasteiger partial charge on any atom is 0.261 e. The predicted molar refractivity (Wildman–Crippen MR) is 109 cm³/mol. The van der Waals surface area contributed by atoms with Crippen molar-refractivity contribution in [2.24, 2.45) is 5.73 Å². The second-order valence-corrected chi connectivity index (χ2v) is 8.32. The minimum absolute atomic E-state index is 0. The third-order valence-corrected chi connectivity index (χ3v) is 6.18. The second-order valence-electron chi connectivity index (χ2n) is 6.64. The van der Waals surface area contributed by atoms with Crippen molar-refractivity contribution in [3.05, 3.63) is 60.2 Å². The van der Waals surface area contributed by atoms with E-state index in [1.54, 1.807) is 42.5 Å². The van der Waals surface area contributed by atoms with E-state index in [0.29, 0.717) is 17.8 Å². The lowest BCUT2D eigenvalue weighted by Crippen LogP contribution is -2.51. The normalized spacial score (nSPS) is 15.6. The van der Waals surface area contributed by atoms with E-state index in [2.05, 4.69) is 10.0 Å². The first-order chi connectivity index (χ1) is 12.4. The molecular weight excluding hydrogens is 386 g/mol. The molecular formula is C19H24ClN3O3S. The summed E-state index contributed by atoms with van der Waals surface area (Å²) in [6.07, 6.45) is 3.92. The molecule has 1 fully saturated rings. The molecule has 2 aromatic rings. The van der Waals surface area contributed by atoms with Gasteiger partial charge < -0.3 is 11.1 Å². The lowest BCUT2D eigenvalue weighted by molar-refractivity contribution is 0.0903. The van der Waals surface area contributed by atoms with Crippen LogP contribution in [0.2, 0.25) is 0 Å². The average molecular weight is 410 g/mol. The van der Waals surface area contributed by atoms with Crippen molar-refractivity contribution in [1.29, 1.82) is 0 Å². The number of carbonyl (C=O) groups is 1. The summed E-state index contributed by atoms with van der Waals surface area (Å²) >= 11 is 0. The Morgan fingerprint density at radius 1 is 1.00 bits per heavy atom. The number of nitrogens with two attached hydrogens (primary N) is 1. The van der Waals surface area contributed by atoms with Crippen LogP contribution in [-0.4, -0.2) is 26.4 Å². The van der Waals surface area contributed by atoms with Crippen molar-refractivity contribution in [3.63, 3.8) is 0 Å².